The molecule has 8 heteroatoms. The number of benzene rings is 1. The van der Waals surface area contributed by atoms with Crippen LogP contribution in [0, 0.1) is 0 Å². The Labute approximate surface area is 127 Å². The summed E-state index contributed by atoms with van der Waals surface area (Å²) in [5, 5.41) is 0. The zero-order valence-corrected chi connectivity index (χ0v) is 12.7. The first-order valence-corrected chi connectivity index (χ1v) is 7.66. The first-order chi connectivity index (χ1) is 10.1. The highest BCUT2D eigenvalue weighted by molar-refractivity contribution is 7.99. The van der Waals surface area contributed by atoms with Crippen molar-refractivity contribution in [3.05, 3.63) is 29.3 Å². The van der Waals surface area contributed by atoms with Gasteiger partial charge in [0.15, 0.2) is 0 Å². The molecule has 0 saturated carbocycles. The number of rotatable bonds is 8. The van der Waals surface area contributed by atoms with Crippen LogP contribution in [-0.2, 0) is 0 Å². The number of ether oxygens (including phenoxy) is 1. The summed E-state index contributed by atoms with van der Waals surface area (Å²) in [5.74, 6) is 11.6. The lowest BCUT2D eigenvalue weighted by molar-refractivity contribution is 0.0938. The molecule has 116 valence electrons. The van der Waals surface area contributed by atoms with Gasteiger partial charge in [-0.15, -0.1) is 0 Å². The van der Waals surface area contributed by atoms with Gasteiger partial charge in [-0.2, -0.15) is 11.8 Å². The maximum absolute atomic E-state index is 11.7. The third kappa shape index (κ3) is 5.25. The topological polar surface area (TPSA) is 119 Å². The summed E-state index contributed by atoms with van der Waals surface area (Å²) < 4.78 is 5.59. The summed E-state index contributed by atoms with van der Waals surface area (Å²) in [6, 6.07) is 4.43. The average Bonchev–Trinajstić information content (AvgIpc) is 2.53. The number of nitrogen functional groups attached to an aromatic ring is 2. The lowest BCUT2D eigenvalue weighted by Crippen LogP contribution is -2.31. The zero-order chi connectivity index (χ0) is 15.7. The highest BCUT2D eigenvalue weighted by Crippen LogP contribution is 2.21. The molecule has 1 aromatic rings. The third-order valence-electron chi connectivity index (χ3n) is 2.65. The number of hydrogen-bond acceptors (Lipinski definition) is 6. The molecule has 0 aromatic heterocycles. The molecule has 0 aliphatic rings. The van der Waals surface area contributed by atoms with E-state index in [1.807, 2.05) is 22.6 Å². The minimum atomic E-state index is -0.479. The van der Waals surface area contributed by atoms with E-state index in [0.29, 0.717) is 17.9 Å². The standard InChI is InChI=1S/C13H20N4O3S/c1-2-21-7-3-6-20-11-8-9(12(18)16-14)4-5-10(11)13(19)17-15/h4-5,8H,2-3,6-7,14-15H2,1H3,(H,16,18)(H,17,19). The predicted molar refractivity (Wildman–Crippen MR) is 82.9 cm³/mol. The number of nitrogens with two attached hydrogens (primary N) is 2. The molecule has 0 heterocycles. The summed E-state index contributed by atoms with van der Waals surface area (Å²) >= 11 is 1.81. The van der Waals surface area contributed by atoms with Gasteiger partial charge in [0.25, 0.3) is 11.8 Å². The van der Waals surface area contributed by atoms with E-state index in [0.717, 1.165) is 17.9 Å². The van der Waals surface area contributed by atoms with Gasteiger partial charge in [0.1, 0.15) is 5.75 Å². The van der Waals surface area contributed by atoms with Crippen LogP contribution in [0.2, 0.25) is 0 Å². The van der Waals surface area contributed by atoms with Crippen molar-refractivity contribution < 1.29 is 14.3 Å². The van der Waals surface area contributed by atoms with Crippen LogP contribution in [0.5, 0.6) is 5.75 Å². The Morgan fingerprint density at radius 1 is 1.24 bits per heavy atom. The molecule has 7 nitrogen and oxygen atoms in total. The molecular formula is C13H20N4O3S. The molecule has 1 rings (SSSR count). The number of thioether (sulfide) groups is 1. The van der Waals surface area contributed by atoms with Crippen molar-refractivity contribution in [3.63, 3.8) is 0 Å². The monoisotopic (exact) mass is 312 g/mol. The number of hydrazine groups is 2. The fourth-order valence-corrected chi connectivity index (χ4v) is 2.23. The second kappa shape index (κ2) is 9.22. The molecule has 1 aromatic carbocycles. The fourth-order valence-electron chi connectivity index (χ4n) is 1.62. The minimum absolute atomic E-state index is 0.272. The van der Waals surface area contributed by atoms with Gasteiger partial charge >= 0.3 is 0 Å². The smallest absolute Gasteiger partial charge is 0.268 e. The predicted octanol–water partition coefficient (Wildman–Crippen LogP) is 0.416. The molecule has 0 aliphatic carbocycles. The average molecular weight is 312 g/mol. The van der Waals surface area contributed by atoms with Crippen LogP contribution in [0.25, 0.3) is 0 Å². The maximum Gasteiger partial charge on any atom is 0.268 e. The van der Waals surface area contributed by atoms with E-state index in [1.54, 1.807) is 0 Å². The molecule has 21 heavy (non-hydrogen) atoms. The second-order valence-electron chi connectivity index (χ2n) is 4.06. The maximum atomic E-state index is 11.7. The lowest BCUT2D eigenvalue weighted by atomic mass is 10.1. The fraction of sp³-hybridized carbons (Fsp3) is 0.385. The van der Waals surface area contributed by atoms with E-state index in [2.05, 4.69) is 6.92 Å². The molecule has 0 atom stereocenters. The number of amides is 2. The van der Waals surface area contributed by atoms with Crippen LogP contribution in [-0.4, -0.2) is 29.9 Å². The molecule has 0 unspecified atom stereocenters. The van der Waals surface area contributed by atoms with Crippen molar-refractivity contribution in [2.75, 3.05) is 18.1 Å². The van der Waals surface area contributed by atoms with Gasteiger partial charge in [-0.05, 0) is 36.1 Å². The van der Waals surface area contributed by atoms with E-state index in [-0.39, 0.29) is 5.56 Å². The van der Waals surface area contributed by atoms with Crippen molar-refractivity contribution in [1.82, 2.24) is 10.9 Å². The molecule has 0 fully saturated rings. The van der Waals surface area contributed by atoms with E-state index in [4.69, 9.17) is 16.4 Å². The van der Waals surface area contributed by atoms with Gasteiger partial charge in [0, 0.05) is 5.56 Å². The van der Waals surface area contributed by atoms with E-state index >= 15 is 0 Å². The Morgan fingerprint density at radius 2 is 1.95 bits per heavy atom. The summed E-state index contributed by atoms with van der Waals surface area (Å²) in [7, 11) is 0. The van der Waals surface area contributed by atoms with Gasteiger partial charge < -0.3 is 4.74 Å². The van der Waals surface area contributed by atoms with Gasteiger partial charge in [-0.1, -0.05) is 6.92 Å². The first-order valence-electron chi connectivity index (χ1n) is 6.50. The van der Waals surface area contributed by atoms with E-state index in [1.165, 1.54) is 18.2 Å². The van der Waals surface area contributed by atoms with Gasteiger partial charge in [-0.3, -0.25) is 20.4 Å². The first kappa shape index (κ1) is 17.3. The highest BCUT2D eigenvalue weighted by Gasteiger charge is 2.14. The molecule has 2 amide bonds. The van der Waals surface area contributed by atoms with Crippen molar-refractivity contribution >= 4 is 23.6 Å². The van der Waals surface area contributed by atoms with Crippen LogP contribution < -0.4 is 27.3 Å². The van der Waals surface area contributed by atoms with Crippen LogP contribution in [0.4, 0.5) is 0 Å². The molecule has 0 bridgehead atoms. The largest absolute Gasteiger partial charge is 0.493 e. The van der Waals surface area contributed by atoms with Crippen molar-refractivity contribution in [2.24, 2.45) is 11.7 Å². The van der Waals surface area contributed by atoms with Gasteiger partial charge in [0.2, 0.25) is 0 Å². The minimum Gasteiger partial charge on any atom is -0.493 e. The second-order valence-corrected chi connectivity index (χ2v) is 5.45. The van der Waals surface area contributed by atoms with Crippen LogP contribution in [0.1, 0.15) is 34.1 Å². The molecule has 0 spiro atoms. The molecule has 0 saturated heterocycles. The highest BCUT2D eigenvalue weighted by atomic mass is 32.2. The summed E-state index contributed by atoms with van der Waals surface area (Å²) in [6.45, 7) is 2.54. The Balaban J connectivity index is 2.84. The normalized spacial score (nSPS) is 10.0. The number of hydrogen-bond donors (Lipinski definition) is 4. The van der Waals surface area contributed by atoms with Crippen LogP contribution >= 0.6 is 11.8 Å². The van der Waals surface area contributed by atoms with Crippen molar-refractivity contribution in [1.29, 1.82) is 0 Å². The van der Waals surface area contributed by atoms with Crippen LogP contribution in [0.15, 0.2) is 18.2 Å². The zero-order valence-electron chi connectivity index (χ0n) is 11.8. The summed E-state index contributed by atoms with van der Waals surface area (Å²) in [6.07, 6.45) is 0.843. The third-order valence-corrected chi connectivity index (χ3v) is 3.63. The summed E-state index contributed by atoms with van der Waals surface area (Å²) in [4.78, 5) is 23.2. The van der Waals surface area contributed by atoms with Crippen molar-refractivity contribution in [2.45, 2.75) is 13.3 Å². The van der Waals surface area contributed by atoms with Gasteiger partial charge in [-0.25, -0.2) is 11.7 Å². The number of nitrogens with one attached hydrogen (secondary N) is 2. The molecule has 0 radical (unpaired) electrons. The summed E-state index contributed by atoms with van der Waals surface area (Å²) in [5.41, 5.74) is 4.66. The van der Waals surface area contributed by atoms with Crippen molar-refractivity contribution in [3.8, 4) is 5.75 Å². The molecule has 6 N–H and O–H groups in total. The Hall–Kier alpha value is -1.77. The van der Waals surface area contributed by atoms with Gasteiger partial charge in [0.05, 0.1) is 12.2 Å². The van der Waals surface area contributed by atoms with E-state index in [9.17, 15) is 9.59 Å². The van der Waals surface area contributed by atoms with E-state index < -0.39 is 11.8 Å². The SMILES string of the molecule is CCSCCCOc1cc(C(=O)NN)ccc1C(=O)NN. The number of carbonyl (C=O) groups excluding carboxylic acids is 2. The quantitative estimate of drug-likeness (QED) is 0.239. The van der Waals surface area contributed by atoms with Crippen LogP contribution in [0.3, 0.4) is 0 Å². The Morgan fingerprint density at radius 3 is 2.57 bits per heavy atom. The lowest BCUT2D eigenvalue weighted by Gasteiger charge is -2.12. The molecular weight excluding hydrogens is 292 g/mol. The molecule has 0 aliphatic heterocycles. The Kier molecular flexibility index (Phi) is 7.59. The Bertz CT molecular complexity index is 496. The number of carbonyl (C=O) groups is 2.